The fourth-order valence-corrected chi connectivity index (χ4v) is 2.09. The number of benzene rings is 1. The monoisotopic (exact) mass is 264 g/mol. The van der Waals surface area contributed by atoms with Gasteiger partial charge in [0.15, 0.2) is 0 Å². The highest BCUT2D eigenvalue weighted by atomic mass is 16.5. The van der Waals surface area contributed by atoms with Crippen LogP contribution < -0.4 is 10.6 Å². The quantitative estimate of drug-likeness (QED) is 0.637. The summed E-state index contributed by atoms with van der Waals surface area (Å²) in [7, 11) is 0. The van der Waals surface area contributed by atoms with Crippen LogP contribution in [0.15, 0.2) is 18.2 Å². The van der Waals surface area contributed by atoms with Crippen LogP contribution in [0.3, 0.4) is 0 Å². The molecule has 104 valence electrons. The molecule has 0 unspecified atom stereocenters. The Morgan fingerprint density at radius 2 is 2.32 bits per heavy atom. The maximum absolute atomic E-state index is 11.9. The molecule has 0 saturated heterocycles. The zero-order valence-corrected chi connectivity index (χ0v) is 10.9. The second kappa shape index (κ2) is 7.11. The SMILES string of the molecule is O=C(NCCCOCCO)c1ccc2c(c1)CCN2. The zero-order chi connectivity index (χ0) is 13.5. The van der Waals surface area contributed by atoms with Gasteiger partial charge in [-0.15, -0.1) is 0 Å². The van der Waals surface area contributed by atoms with Crippen molar-refractivity contribution in [1.82, 2.24) is 5.32 Å². The van der Waals surface area contributed by atoms with E-state index < -0.39 is 0 Å². The van der Waals surface area contributed by atoms with E-state index >= 15 is 0 Å². The van der Waals surface area contributed by atoms with Gasteiger partial charge in [0.05, 0.1) is 13.2 Å². The van der Waals surface area contributed by atoms with Crippen LogP contribution in [0.2, 0.25) is 0 Å². The fraction of sp³-hybridized carbons (Fsp3) is 0.500. The Labute approximate surface area is 113 Å². The molecule has 19 heavy (non-hydrogen) atoms. The molecule has 5 heteroatoms. The lowest BCUT2D eigenvalue weighted by Gasteiger charge is -2.07. The van der Waals surface area contributed by atoms with Crippen LogP contribution >= 0.6 is 0 Å². The Kier molecular flexibility index (Phi) is 5.18. The molecule has 0 spiro atoms. The normalized spacial score (nSPS) is 12.9. The van der Waals surface area contributed by atoms with Crippen LogP contribution in [0.25, 0.3) is 0 Å². The van der Waals surface area contributed by atoms with Crippen molar-refractivity contribution in [3.8, 4) is 0 Å². The van der Waals surface area contributed by atoms with E-state index in [1.807, 2.05) is 18.2 Å². The number of amides is 1. The van der Waals surface area contributed by atoms with Gasteiger partial charge in [-0.2, -0.15) is 0 Å². The van der Waals surface area contributed by atoms with Crippen molar-refractivity contribution in [2.24, 2.45) is 0 Å². The van der Waals surface area contributed by atoms with E-state index in [1.54, 1.807) is 0 Å². The van der Waals surface area contributed by atoms with Gasteiger partial charge in [-0.05, 0) is 36.6 Å². The van der Waals surface area contributed by atoms with E-state index in [2.05, 4.69) is 10.6 Å². The number of aliphatic hydroxyl groups excluding tert-OH is 1. The van der Waals surface area contributed by atoms with Crippen LogP contribution in [-0.4, -0.2) is 43.9 Å². The van der Waals surface area contributed by atoms with E-state index in [0.29, 0.717) is 25.3 Å². The molecule has 1 heterocycles. The summed E-state index contributed by atoms with van der Waals surface area (Å²) in [6.07, 6.45) is 1.73. The van der Waals surface area contributed by atoms with Crippen molar-refractivity contribution in [2.75, 3.05) is 38.2 Å². The first kappa shape index (κ1) is 13.8. The molecular weight excluding hydrogens is 244 g/mol. The van der Waals surface area contributed by atoms with Crippen molar-refractivity contribution in [3.63, 3.8) is 0 Å². The third kappa shape index (κ3) is 3.94. The number of rotatable bonds is 7. The van der Waals surface area contributed by atoms with Gasteiger partial charge < -0.3 is 20.5 Å². The van der Waals surface area contributed by atoms with E-state index in [1.165, 1.54) is 5.56 Å². The zero-order valence-electron chi connectivity index (χ0n) is 10.9. The maximum atomic E-state index is 11.9. The summed E-state index contributed by atoms with van der Waals surface area (Å²) in [5.74, 6) is -0.0446. The molecule has 2 rings (SSSR count). The molecule has 0 radical (unpaired) electrons. The number of hydrogen-bond donors (Lipinski definition) is 3. The van der Waals surface area contributed by atoms with Crippen LogP contribution in [-0.2, 0) is 11.2 Å². The summed E-state index contributed by atoms with van der Waals surface area (Å²) >= 11 is 0. The van der Waals surface area contributed by atoms with Gasteiger partial charge in [0.25, 0.3) is 5.91 Å². The standard InChI is InChI=1S/C14H20N2O3/c17-7-9-19-8-1-5-16-14(18)12-2-3-13-11(10-12)4-6-15-13/h2-3,10,15,17H,1,4-9H2,(H,16,18). The lowest BCUT2D eigenvalue weighted by atomic mass is 10.1. The summed E-state index contributed by atoms with van der Waals surface area (Å²) in [5.41, 5.74) is 3.05. The van der Waals surface area contributed by atoms with Gasteiger partial charge in [0.1, 0.15) is 0 Å². The Morgan fingerprint density at radius 1 is 1.42 bits per heavy atom. The number of ether oxygens (including phenoxy) is 1. The summed E-state index contributed by atoms with van der Waals surface area (Å²) in [6, 6.07) is 5.75. The van der Waals surface area contributed by atoms with E-state index in [-0.39, 0.29) is 12.5 Å². The summed E-state index contributed by atoms with van der Waals surface area (Å²) in [6.45, 7) is 2.47. The molecule has 1 aliphatic rings. The Balaban J connectivity index is 1.74. The Hall–Kier alpha value is -1.59. The Bertz CT molecular complexity index is 435. The molecule has 0 aromatic heterocycles. The first-order chi connectivity index (χ1) is 9.31. The largest absolute Gasteiger partial charge is 0.394 e. The van der Waals surface area contributed by atoms with Gasteiger partial charge in [0.2, 0.25) is 0 Å². The summed E-state index contributed by atoms with van der Waals surface area (Å²) in [5, 5.41) is 14.7. The third-order valence-electron chi connectivity index (χ3n) is 3.06. The summed E-state index contributed by atoms with van der Waals surface area (Å²) in [4.78, 5) is 11.9. The topological polar surface area (TPSA) is 70.6 Å². The number of hydrogen-bond acceptors (Lipinski definition) is 4. The first-order valence-electron chi connectivity index (χ1n) is 6.65. The molecule has 3 N–H and O–H groups in total. The van der Waals surface area contributed by atoms with E-state index in [9.17, 15) is 4.79 Å². The van der Waals surface area contributed by atoms with Crippen molar-refractivity contribution >= 4 is 11.6 Å². The Morgan fingerprint density at radius 3 is 3.16 bits per heavy atom. The average Bonchev–Trinajstić information content (AvgIpc) is 2.89. The highest BCUT2D eigenvalue weighted by molar-refractivity contribution is 5.95. The first-order valence-corrected chi connectivity index (χ1v) is 6.65. The van der Waals surface area contributed by atoms with Gasteiger partial charge in [0, 0.05) is 30.9 Å². The number of fused-ring (bicyclic) bond motifs is 1. The number of nitrogens with one attached hydrogen (secondary N) is 2. The minimum atomic E-state index is -0.0446. The molecule has 0 bridgehead atoms. The molecule has 1 amide bonds. The van der Waals surface area contributed by atoms with Crippen LogP contribution in [0.1, 0.15) is 22.3 Å². The van der Waals surface area contributed by atoms with Crippen LogP contribution in [0, 0.1) is 0 Å². The van der Waals surface area contributed by atoms with E-state index in [0.717, 1.165) is 25.1 Å². The molecule has 0 aliphatic carbocycles. The molecular formula is C14H20N2O3. The lowest BCUT2D eigenvalue weighted by Crippen LogP contribution is -2.25. The highest BCUT2D eigenvalue weighted by Gasteiger charge is 2.12. The average molecular weight is 264 g/mol. The molecule has 1 aromatic carbocycles. The fourth-order valence-electron chi connectivity index (χ4n) is 2.09. The smallest absolute Gasteiger partial charge is 0.251 e. The number of anilines is 1. The predicted octanol–water partition coefficient (Wildman–Crippen LogP) is 0.783. The van der Waals surface area contributed by atoms with Crippen molar-refractivity contribution in [3.05, 3.63) is 29.3 Å². The molecule has 0 fully saturated rings. The van der Waals surface area contributed by atoms with Crippen LogP contribution in [0.5, 0.6) is 0 Å². The second-order valence-corrected chi connectivity index (χ2v) is 4.49. The molecule has 1 aromatic rings. The highest BCUT2D eigenvalue weighted by Crippen LogP contribution is 2.22. The van der Waals surface area contributed by atoms with Gasteiger partial charge in [-0.25, -0.2) is 0 Å². The summed E-state index contributed by atoms with van der Waals surface area (Å²) < 4.78 is 5.12. The minimum absolute atomic E-state index is 0.0372. The number of carbonyl (C=O) groups excluding carboxylic acids is 1. The maximum Gasteiger partial charge on any atom is 0.251 e. The number of carbonyl (C=O) groups is 1. The third-order valence-corrected chi connectivity index (χ3v) is 3.06. The van der Waals surface area contributed by atoms with E-state index in [4.69, 9.17) is 9.84 Å². The molecule has 1 aliphatic heterocycles. The molecule has 0 atom stereocenters. The van der Waals surface area contributed by atoms with Gasteiger partial charge in [-0.3, -0.25) is 4.79 Å². The van der Waals surface area contributed by atoms with Crippen molar-refractivity contribution in [2.45, 2.75) is 12.8 Å². The second-order valence-electron chi connectivity index (χ2n) is 4.49. The molecule has 0 saturated carbocycles. The lowest BCUT2D eigenvalue weighted by molar-refractivity contribution is 0.0867. The van der Waals surface area contributed by atoms with Crippen molar-refractivity contribution in [1.29, 1.82) is 0 Å². The van der Waals surface area contributed by atoms with Gasteiger partial charge in [-0.1, -0.05) is 0 Å². The van der Waals surface area contributed by atoms with Crippen molar-refractivity contribution < 1.29 is 14.6 Å². The number of aliphatic hydroxyl groups is 1. The van der Waals surface area contributed by atoms with Crippen LogP contribution in [0.4, 0.5) is 5.69 Å². The van der Waals surface area contributed by atoms with Gasteiger partial charge >= 0.3 is 0 Å². The molecule has 5 nitrogen and oxygen atoms in total. The minimum Gasteiger partial charge on any atom is -0.394 e. The predicted molar refractivity (Wildman–Crippen MR) is 73.5 cm³/mol.